The minimum Gasteiger partial charge on any atom is -0.385 e. The lowest BCUT2D eigenvalue weighted by molar-refractivity contribution is 0.251. The molecule has 0 aromatic rings. The fourth-order valence-corrected chi connectivity index (χ4v) is 0.348. The summed E-state index contributed by atoms with van der Waals surface area (Å²) in [6.45, 7) is 0. The molecule has 7 heteroatoms. The van der Waals surface area contributed by atoms with Crippen LogP contribution in [-0.4, -0.2) is 17.7 Å². The summed E-state index contributed by atoms with van der Waals surface area (Å²) < 4.78 is 8.98. The number of hydrogen-bond acceptors (Lipinski definition) is 2. The molecule has 0 heterocycles. The van der Waals surface area contributed by atoms with Crippen molar-refractivity contribution >= 4 is 54.1 Å². The quantitative estimate of drug-likeness (QED) is 0.522. The number of hydrogen-bond donors (Lipinski definition) is 0. The highest BCUT2D eigenvalue weighted by Gasteiger charge is 2.03. The SMILES string of the molecule is ClC(Cl)OBOC(Cl)Cl. The van der Waals surface area contributed by atoms with Crippen LogP contribution in [0.25, 0.3) is 0 Å². The highest BCUT2D eigenvalue weighted by Crippen LogP contribution is 2.05. The van der Waals surface area contributed by atoms with Gasteiger partial charge >= 0.3 is 7.69 Å². The van der Waals surface area contributed by atoms with E-state index in [1.165, 1.54) is 0 Å². The van der Waals surface area contributed by atoms with Crippen LogP contribution in [-0.2, 0) is 9.31 Å². The average molecular weight is 212 g/mol. The summed E-state index contributed by atoms with van der Waals surface area (Å²) in [5.74, 6) is 0. The Labute approximate surface area is 73.6 Å². The van der Waals surface area contributed by atoms with Gasteiger partial charge in [0.05, 0.1) is 0 Å². The molecule has 0 rings (SSSR count). The standard InChI is InChI=1S/C2H3BCl4O2/c4-1(5)8-3-9-2(6)7/h1-3H. The Bertz CT molecular complexity index is 61.6. The Kier molecular flexibility index (Phi) is 6.64. The fourth-order valence-electron chi connectivity index (χ4n) is 0.142. The molecule has 0 radical (unpaired) electrons. The van der Waals surface area contributed by atoms with Gasteiger partial charge in [-0.2, -0.15) is 0 Å². The molecule has 9 heavy (non-hydrogen) atoms. The Hall–Kier alpha value is 1.14. The summed E-state index contributed by atoms with van der Waals surface area (Å²) in [7, 11) is -0.116. The van der Waals surface area contributed by atoms with Crippen molar-refractivity contribution in [3.63, 3.8) is 0 Å². The molecule has 54 valence electrons. The molecule has 0 fully saturated rings. The lowest BCUT2D eigenvalue weighted by Gasteiger charge is -2.03. The summed E-state index contributed by atoms with van der Waals surface area (Å²) >= 11 is 20.6. The maximum absolute atomic E-state index is 5.14. The number of rotatable bonds is 4. The Balaban J connectivity index is 2.91. The zero-order valence-electron chi connectivity index (χ0n) is 4.19. The first-order chi connectivity index (χ1) is 4.13. The van der Waals surface area contributed by atoms with Crippen LogP contribution >= 0.6 is 46.4 Å². The van der Waals surface area contributed by atoms with Crippen molar-refractivity contribution < 1.29 is 9.31 Å². The maximum atomic E-state index is 5.14. The molecule has 2 nitrogen and oxygen atoms in total. The van der Waals surface area contributed by atoms with Crippen LogP contribution in [0.3, 0.4) is 0 Å². The molecule has 0 saturated heterocycles. The van der Waals surface area contributed by atoms with Crippen LogP contribution in [0.4, 0.5) is 0 Å². The highest BCUT2D eigenvalue weighted by atomic mass is 35.5. The zero-order chi connectivity index (χ0) is 7.28. The van der Waals surface area contributed by atoms with Gasteiger partial charge in [0.15, 0.2) is 10.0 Å². The summed E-state index contributed by atoms with van der Waals surface area (Å²) in [4.78, 5) is 0. The smallest absolute Gasteiger partial charge is 0.385 e. The van der Waals surface area contributed by atoms with Crippen LogP contribution in [0.15, 0.2) is 0 Å². The van der Waals surface area contributed by atoms with Crippen LogP contribution in [0, 0.1) is 0 Å². The van der Waals surface area contributed by atoms with Crippen molar-refractivity contribution in [3.8, 4) is 0 Å². The van der Waals surface area contributed by atoms with Gasteiger partial charge in [0, 0.05) is 0 Å². The molecular formula is C2H3BCl4O2. The Morgan fingerprint density at radius 2 is 1.22 bits per heavy atom. The number of alkyl halides is 4. The monoisotopic (exact) mass is 210 g/mol. The second-order valence-electron chi connectivity index (χ2n) is 0.972. The topological polar surface area (TPSA) is 18.5 Å². The zero-order valence-corrected chi connectivity index (χ0v) is 7.21. The van der Waals surface area contributed by atoms with E-state index in [0.717, 1.165) is 0 Å². The van der Waals surface area contributed by atoms with Crippen LogP contribution < -0.4 is 0 Å². The van der Waals surface area contributed by atoms with Crippen molar-refractivity contribution in [2.45, 2.75) is 10.0 Å². The lowest BCUT2D eigenvalue weighted by atomic mass is 10.4. The van der Waals surface area contributed by atoms with Crippen LogP contribution in [0.2, 0.25) is 0 Å². The molecule has 0 aliphatic carbocycles. The van der Waals surface area contributed by atoms with E-state index >= 15 is 0 Å². The van der Waals surface area contributed by atoms with Crippen molar-refractivity contribution in [2.75, 3.05) is 0 Å². The molecule has 0 spiro atoms. The van der Waals surface area contributed by atoms with Crippen LogP contribution in [0.1, 0.15) is 0 Å². The molecule has 0 amide bonds. The molecule has 0 aliphatic heterocycles. The normalized spacial score (nSPS) is 10.9. The highest BCUT2D eigenvalue weighted by molar-refractivity contribution is 6.46. The van der Waals surface area contributed by atoms with Crippen molar-refractivity contribution in [2.24, 2.45) is 0 Å². The number of halogens is 4. The van der Waals surface area contributed by atoms with Gasteiger partial charge in [0.1, 0.15) is 0 Å². The molecule has 0 aliphatic rings. The van der Waals surface area contributed by atoms with E-state index < -0.39 is 10.0 Å². The summed E-state index contributed by atoms with van der Waals surface area (Å²) in [6, 6.07) is 0. The predicted octanol–water partition coefficient (Wildman–Crippen LogP) is 1.81. The minimum absolute atomic E-state index is 0.116. The summed E-state index contributed by atoms with van der Waals surface area (Å²) in [5, 5.41) is -1.81. The molecule has 0 aromatic heterocycles. The average Bonchev–Trinajstić information content (AvgIpc) is 1.63. The molecule has 0 bridgehead atoms. The third-order valence-corrected chi connectivity index (χ3v) is 0.892. The third kappa shape index (κ3) is 9.14. The molecule has 0 N–H and O–H groups in total. The van der Waals surface area contributed by atoms with Gasteiger partial charge in [-0.25, -0.2) is 0 Å². The predicted molar refractivity (Wildman–Crippen MR) is 40.3 cm³/mol. The van der Waals surface area contributed by atoms with E-state index in [-0.39, 0.29) is 7.69 Å². The molecular weight excluding hydrogens is 209 g/mol. The van der Waals surface area contributed by atoms with Crippen molar-refractivity contribution in [3.05, 3.63) is 0 Å². The first-order valence-corrected chi connectivity index (χ1v) is 3.67. The Morgan fingerprint density at radius 1 is 0.889 bits per heavy atom. The van der Waals surface area contributed by atoms with E-state index in [0.29, 0.717) is 0 Å². The van der Waals surface area contributed by atoms with Gasteiger partial charge < -0.3 is 9.31 Å². The van der Waals surface area contributed by atoms with Gasteiger partial charge in [-0.3, -0.25) is 0 Å². The van der Waals surface area contributed by atoms with Crippen molar-refractivity contribution in [1.29, 1.82) is 0 Å². The van der Waals surface area contributed by atoms with Gasteiger partial charge in [-0.05, 0) is 0 Å². The van der Waals surface area contributed by atoms with Gasteiger partial charge in [-0.1, -0.05) is 46.4 Å². The summed E-state index contributed by atoms with van der Waals surface area (Å²) in [6.07, 6.45) is 0. The summed E-state index contributed by atoms with van der Waals surface area (Å²) in [5.41, 5.74) is 0. The third-order valence-electron chi connectivity index (χ3n) is 0.388. The van der Waals surface area contributed by atoms with Gasteiger partial charge in [0.25, 0.3) is 0 Å². The maximum Gasteiger partial charge on any atom is 0.441 e. The second-order valence-corrected chi connectivity index (χ2v) is 3.00. The molecule has 0 aromatic carbocycles. The van der Waals surface area contributed by atoms with Gasteiger partial charge in [0.2, 0.25) is 0 Å². The lowest BCUT2D eigenvalue weighted by Crippen LogP contribution is -2.09. The van der Waals surface area contributed by atoms with Crippen LogP contribution in [0.5, 0.6) is 0 Å². The van der Waals surface area contributed by atoms with E-state index in [9.17, 15) is 0 Å². The first kappa shape index (κ1) is 10.1. The largest absolute Gasteiger partial charge is 0.441 e. The molecule has 0 atom stereocenters. The minimum atomic E-state index is -0.905. The second kappa shape index (κ2) is 5.89. The van der Waals surface area contributed by atoms with E-state index in [1.807, 2.05) is 0 Å². The van der Waals surface area contributed by atoms with E-state index in [1.54, 1.807) is 0 Å². The first-order valence-electron chi connectivity index (χ1n) is 1.92. The fraction of sp³-hybridized carbons (Fsp3) is 1.00. The molecule has 0 saturated carbocycles. The van der Waals surface area contributed by atoms with Gasteiger partial charge in [-0.15, -0.1) is 0 Å². The van der Waals surface area contributed by atoms with E-state index in [4.69, 9.17) is 46.4 Å². The Morgan fingerprint density at radius 3 is 1.44 bits per heavy atom. The van der Waals surface area contributed by atoms with E-state index in [2.05, 4.69) is 9.31 Å². The molecule has 0 unspecified atom stereocenters. The van der Waals surface area contributed by atoms with Crippen molar-refractivity contribution in [1.82, 2.24) is 0 Å².